The molecule has 0 atom stereocenters. The Morgan fingerprint density at radius 1 is 1.04 bits per heavy atom. The topological polar surface area (TPSA) is 39.2 Å². The third-order valence-electron chi connectivity index (χ3n) is 3.63. The summed E-state index contributed by atoms with van der Waals surface area (Å²) in [5.41, 5.74) is 0.323. The lowest BCUT2D eigenvalue weighted by Gasteiger charge is -2.11. The van der Waals surface area contributed by atoms with Crippen molar-refractivity contribution in [2.45, 2.75) is 6.92 Å². The largest absolute Gasteiger partial charge is 0.465 e. The lowest BCUT2D eigenvalue weighted by Crippen LogP contribution is -2.02. The summed E-state index contributed by atoms with van der Waals surface area (Å²) in [5, 5.41) is 1.01. The van der Waals surface area contributed by atoms with Crippen molar-refractivity contribution < 1.29 is 22.7 Å². The Labute approximate surface area is 135 Å². The minimum Gasteiger partial charge on any atom is -0.465 e. The first-order valence-corrected chi connectivity index (χ1v) is 7.05. The summed E-state index contributed by atoms with van der Waals surface area (Å²) in [5.74, 6) is -3.71. The first-order chi connectivity index (χ1) is 11.4. The lowest BCUT2D eigenvalue weighted by atomic mass is 10.00. The van der Waals surface area contributed by atoms with Crippen LogP contribution in [0.2, 0.25) is 0 Å². The van der Waals surface area contributed by atoms with Gasteiger partial charge in [-0.05, 0) is 30.5 Å². The van der Waals surface area contributed by atoms with Crippen molar-refractivity contribution in [3.63, 3.8) is 0 Å². The number of benzene rings is 2. The second kappa shape index (κ2) is 5.96. The molecule has 3 rings (SSSR count). The van der Waals surface area contributed by atoms with Crippen LogP contribution in [0.15, 0.2) is 36.4 Å². The van der Waals surface area contributed by atoms with Gasteiger partial charge in [-0.15, -0.1) is 0 Å². The molecular formula is C18H12F3NO2. The van der Waals surface area contributed by atoms with Crippen LogP contribution in [0.1, 0.15) is 16.1 Å². The van der Waals surface area contributed by atoms with Gasteiger partial charge in [-0.3, -0.25) is 4.98 Å². The molecule has 3 nitrogen and oxygen atoms in total. The molecule has 0 amide bonds. The number of hydrogen-bond acceptors (Lipinski definition) is 3. The second-order valence-electron chi connectivity index (χ2n) is 5.28. The van der Waals surface area contributed by atoms with E-state index >= 15 is 0 Å². The van der Waals surface area contributed by atoms with Crippen molar-refractivity contribution in [3.8, 4) is 11.3 Å². The van der Waals surface area contributed by atoms with E-state index in [1.54, 1.807) is 25.1 Å². The number of ether oxygens (including phenoxy) is 1. The first kappa shape index (κ1) is 16.0. The number of aryl methyl sites for hydroxylation is 1. The van der Waals surface area contributed by atoms with Gasteiger partial charge in [0.05, 0.1) is 23.9 Å². The van der Waals surface area contributed by atoms with Gasteiger partial charge in [-0.2, -0.15) is 0 Å². The number of methoxy groups -OCH3 is 1. The molecule has 0 bridgehead atoms. The molecule has 0 saturated heterocycles. The van der Waals surface area contributed by atoms with Gasteiger partial charge in [-0.1, -0.05) is 6.07 Å². The van der Waals surface area contributed by atoms with Gasteiger partial charge < -0.3 is 4.74 Å². The van der Waals surface area contributed by atoms with Crippen molar-refractivity contribution >= 4 is 16.7 Å². The fourth-order valence-electron chi connectivity index (χ4n) is 2.58. The van der Waals surface area contributed by atoms with Crippen molar-refractivity contribution in [3.05, 3.63) is 65.1 Å². The highest BCUT2D eigenvalue weighted by Gasteiger charge is 2.19. The van der Waals surface area contributed by atoms with Crippen LogP contribution in [0, 0.1) is 24.4 Å². The summed E-state index contributed by atoms with van der Waals surface area (Å²) in [6.07, 6.45) is 0. The maximum Gasteiger partial charge on any atom is 0.337 e. The summed E-state index contributed by atoms with van der Waals surface area (Å²) < 4.78 is 46.2. The molecule has 0 radical (unpaired) electrons. The smallest absolute Gasteiger partial charge is 0.337 e. The minimum absolute atomic E-state index is 0.00533. The monoisotopic (exact) mass is 331 g/mol. The summed E-state index contributed by atoms with van der Waals surface area (Å²) in [4.78, 5) is 15.9. The fraction of sp³-hybridized carbons (Fsp3) is 0.111. The SMILES string of the molecule is COC(=O)c1ccc2cc(C)nc(-c3c(F)cc(F)cc3F)c2c1. The van der Waals surface area contributed by atoms with Gasteiger partial charge in [0.1, 0.15) is 17.5 Å². The molecule has 24 heavy (non-hydrogen) atoms. The first-order valence-electron chi connectivity index (χ1n) is 7.05. The van der Waals surface area contributed by atoms with Gasteiger partial charge in [0.15, 0.2) is 0 Å². The van der Waals surface area contributed by atoms with Crippen LogP contribution in [0.3, 0.4) is 0 Å². The Morgan fingerprint density at radius 3 is 2.33 bits per heavy atom. The predicted octanol–water partition coefficient (Wildman–Crippen LogP) is 4.41. The molecule has 0 N–H and O–H groups in total. The Balaban J connectivity index is 2.37. The standard InChI is InChI=1S/C18H12F3NO2/c1-9-5-10-3-4-11(18(23)24-2)6-13(10)17(22-9)16-14(20)7-12(19)8-15(16)21/h3-8H,1-2H3. The number of halogens is 3. The number of rotatable bonds is 2. The van der Waals surface area contributed by atoms with E-state index in [2.05, 4.69) is 9.72 Å². The molecule has 2 aromatic carbocycles. The van der Waals surface area contributed by atoms with Crippen molar-refractivity contribution in [2.24, 2.45) is 0 Å². The van der Waals surface area contributed by atoms with Gasteiger partial charge in [0.2, 0.25) is 0 Å². The van der Waals surface area contributed by atoms with Crippen LogP contribution in [-0.2, 0) is 4.74 Å². The number of fused-ring (bicyclic) bond motifs is 1. The summed E-state index contributed by atoms with van der Waals surface area (Å²) >= 11 is 0. The van der Waals surface area contributed by atoms with Crippen LogP contribution >= 0.6 is 0 Å². The van der Waals surface area contributed by atoms with Crippen LogP contribution in [0.25, 0.3) is 22.0 Å². The number of esters is 1. The number of carbonyl (C=O) groups excluding carboxylic acids is 1. The fourth-order valence-corrected chi connectivity index (χ4v) is 2.58. The number of nitrogens with zero attached hydrogens (tertiary/aromatic N) is 1. The van der Waals surface area contributed by atoms with Gasteiger partial charge in [0, 0.05) is 23.2 Å². The molecule has 1 aromatic heterocycles. The highest BCUT2D eigenvalue weighted by molar-refractivity contribution is 6.00. The molecule has 122 valence electrons. The van der Waals surface area contributed by atoms with Gasteiger partial charge in [-0.25, -0.2) is 18.0 Å². The number of pyridine rings is 1. The molecule has 0 fully saturated rings. The molecule has 3 aromatic rings. The van der Waals surface area contributed by atoms with Gasteiger partial charge >= 0.3 is 5.97 Å². The zero-order valence-electron chi connectivity index (χ0n) is 12.9. The predicted molar refractivity (Wildman–Crippen MR) is 83.1 cm³/mol. The average molecular weight is 331 g/mol. The molecule has 0 unspecified atom stereocenters. The summed E-state index contributed by atoms with van der Waals surface area (Å²) in [6, 6.07) is 7.55. The zero-order valence-corrected chi connectivity index (χ0v) is 12.9. The summed E-state index contributed by atoms with van der Waals surface area (Å²) in [6.45, 7) is 1.68. The van der Waals surface area contributed by atoms with E-state index in [0.29, 0.717) is 28.6 Å². The maximum atomic E-state index is 14.2. The van der Waals surface area contributed by atoms with Crippen LogP contribution in [-0.4, -0.2) is 18.1 Å². The van der Waals surface area contributed by atoms with E-state index < -0.39 is 29.0 Å². The van der Waals surface area contributed by atoms with Crippen molar-refractivity contribution in [1.82, 2.24) is 4.98 Å². The molecule has 0 saturated carbocycles. The number of carbonyl (C=O) groups is 1. The third-order valence-corrected chi connectivity index (χ3v) is 3.63. The summed E-state index contributed by atoms with van der Waals surface area (Å²) in [7, 11) is 1.24. The zero-order chi connectivity index (χ0) is 17.4. The molecule has 1 heterocycles. The molecule has 6 heteroatoms. The van der Waals surface area contributed by atoms with E-state index in [4.69, 9.17) is 0 Å². The minimum atomic E-state index is -1.06. The average Bonchev–Trinajstić information content (AvgIpc) is 2.52. The quantitative estimate of drug-likeness (QED) is 0.653. The van der Waals surface area contributed by atoms with Crippen LogP contribution in [0.5, 0.6) is 0 Å². The Kier molecular flexibility index (Phi) is 3.97. The van der Waals surface area contributed by atoms with Gasteiger partial charge in [0.25, 0.3) is 0 Å². The second-order valence-corrected chi connectivity index (χ2v) is 5.28. The molecule has 0 spiro atoms. The van der Waals surface area contributed by atoms with Crippen molar-refractivity contribution in [1.29, 1.82) is 0 Å². The third kappa shape index (κ3) is 2.71. The Morgan fingerprint density at radius 2 is 1.71 bits per heavy atom. The van der Waals surface area contributed by atoms with Crippen LogP contribution < -0.4 is 0 Å². The van der Waals surface area contributed by atoms with E-state index in [0.717, 1.165) is 0 Å². The molecule has 0 aliphatic carbocycles. The molecular weight excluding hydrogens is 319 g/mol. The van der Waals surface area contributed by atoms with E-state index in [1.165, 1.54) is 13.2 Å². The maximum absolute atomic E-state index is 14.2. The highest BCUT2D eigenvalue weighted by Crippen LogP contribution is 2.32. The van der Waals surface area contributed by atoms with E-state index in [1.807, 2.05) is 0 Å². The van der Waals surface area contributed by atoms with E-state index in [-0.39, 0.29) is 11.3 Å². The Bertz CT molecular complexity index is 947. The van der Waals surface area contributed by atoms with E-state index in [9.17, 15) is 18.0 Å². The number of aromatic nitrogens is 1. The highest BCUT2D eigenvalue weighted by atomic mass is 19.1. The number of hydrogen-bond donors (Lipinski definition) is 0. The van der Waals surface area contributed by atoms with Crippen LogP contribution in [0.4, 0.5) is 13.2 Å². The normalized spacial score (nSPS) is 10.9. The molecule has 0 aliphatic heterocycles. The lowest BCUT2D eigenvalue weighted by molar-refractivity contribution is 0.0601. The Hall–Kier alpha value is -2.89. The van der Waals surface area contributed by atoms with Crippen molar-refractivity contribution in [2.75, 3.05) is 7.11 Å². The molecule has 0 aliphatic rings.